The first-order valence-corrected chi connectivity index (χ1v) is 11.4. The summed E-state index contributed by atoms with van der Waals surface area (Å²) in [4.78, 5) is 28.3. The zero-order valence-corrected chi connectivity index (χ0v) is 20.3. The topological polar surface area (TPSA) is 116 Å². The average Bonchev–Trinajstić information content (AvgIpc) is 3.40. The number of carbonyl (C=O) groups is 2. The van der Waals surface area contributed by atoms with Crippen molar-refractivity contribution in [3.05, 3.63) is 57.8 Å². The minimum atomic E-state index is -0.656. The van der Waals surface area contributed by atoms with E-state index in [9.17, 15) is 9.59 Å². The van der Waals surface area contributed by atoms with Crippen molar-refractivity contribution in [1.82, 2.24) is 15.2 Å². The van der Waals surface area contributed by atoms with Gasteiger partial charge in [-0.1, -0.05) is 39.4 Å². The number of halogens is 1. The molecule has 0 spiro atoms. The minimum Gasteiger partial charge on any atom is -0.451 e. The first-order valence-electron chi connectivity index (χ1n) is 9.81. The van der Waals surface area contributed by atoms with Gasteiger partial charge in [0.2, 0.25) is 5.89 Å². The number of aromatic nitrogens is 3. The van der Waals surface area contributed by atoms with Gasteiger partial charge in [-0.2, -0.15) is 0 Å². The maximum absolute atomic E-state index is 12.3. The second-order valence-electron chi connectivity index (χ2n) is 7.94. The van der Waals surface area contributed by atoms with Crippen LogP contribution in [0.3, 0.4) is 0 Å². The lowest BCUT2D eigenvalue weighted by molar-refractivity contribution is 0.0443. The zero-order chi connectivity index (χ0) is 23.6. The summed E-state index contributed by atoms with van der Waals surface area (Å²) in [5.74, 6) is -0.140. The quantitative estimate of drug-likeness (QED) is 0.321. The monoisotopic (exact) mass is 530 g/mol. The van der Waals surface area contributed by atoms with E-state index in [0.717, 1.165) is 32.1 Å². The lowest BCUT2D eigenvalue weighted by Gasteiger charge is -2.18. The van der Waals surface area contributed by atoms with Crippen molar-refractivity contribution in [3.63, 3.8) is 0 Å². The molecule has 0 aliphatic heterocycles. The summed E-state index contributed by atoms with van der Waals surface area (Å²) in [6.45, 7) is 5.05. The fraction of sp³-hybridized carbons (Fsp3) is 0.227. The van der Waals surface area contributed by atoms with Gasteiger partial charge in [0.15, 0.2) is 11.7 Å². The summed E-state index contributed by atoms with van der Waals surface area (Å²) in [5, 5.41) is 12.8. The minimum absolute atomic E-state index is 0.158. The summed E-state index contributed by atoms with van der Waals surface area (Å²) < 4.78 is 17.0. The van der Waals surface area contributed by atoms with Gasteiger partial charge in [0, 0.05) is 10.0 Å². The van der Waals surface area contributed by atoms with Crippen molar-refractivity contribution >= 4 is 55.2 Å². The molecular weight excluding hydrogens is 512 g/mol. The van der Waals surface area contributed by atoms with Crippen LogP contribution >= 0.6 is 27.3 Å². The molecule has 0 atom stereocenters. The van der Waals surface area contributed by atoms with Gasteiger partial charge in [-0.15, -0.1) is 10.2 Å². The van der Waals surface area contributed by atoms with E-state index in [2.05, 4.69) is 36.4 Å². The summed E-state index contributed by atoms with van der Waals surface area (Å²) in [6.07, 6.45) is 0.656. The Morgan fingerprint density at radius 1 is 1.12 bits per heavy atom. The third-order valence-electron chi connectivity index (χ3n) is 4.16. The molecule has 9 nitrogen and oxygen atoms in total. The van der Waals surface area contributed by atoms with E-state index in [1.165, 1.54) is 6.20 Å². The molecule has 0 fully saturated rings. The van der Waals surface area contributed by atoms with Crippen LogP contribution in [0.15, 0.2) is 51.5 Å². The molecule has 0 radical (unpaired) electrons. The number of hydrogen-bond donors (Lipinski definition) is 1. The number of nitrogens with zero attached hydrogens (tertiary/aromatic N) is 3. The predicted octanol–water partition coefficient (Wildman–Crippen LogP) is 5.81. The Morgan fingerprint density at radius 3 is 2.67 bits per heavy atom. The van der Waals surface area contributed by atoms with Gasteiger partial charge >= 0.3 is 12.1 Å². The largest absolute Gasteiger partial charge is 0.451 e. The van der Waals surface area contributed by atoms with E-state index in [-0.39, 0.29) is 22.5 Å². The third-order valence-corrected chi connectivity index (χ3v) is 5.54. The highest BCUT2D eigenvalue weighted by molar-refractivity contribution is 9.10. The lowest BCUT2D eigenvalue weighted by Crippen LogP contribution is -2.27. The predicted molar refractivity (Wildman–Crippen MR) is 126 cm³/mol. The molecular formula is C22H19BrN4O5S. The highest BCUT2D eigenvalue weighted by atomic mass is 79.9. The van der Waals surface area contributed by atoms with Crippen molar-refractivity contribution in [2.24, 2.45) is 0 Å². The summed E-state index contributed by atoms with van der Waals surface area (Å²) in [6, 6.07) is 11.8. The van der Waals surface area contributed by atoms with Gasteiger partial charge < -0.3 is 13.9 Å². The van der Waals surface area contributed by atoms with Crippen LogP contribution in [0.25, 0.3) is 22.2 Å². The number of hydrogen-bond acceptors (Lipinski definition) is 9. The van der Waals surface area contributed by atoms with Crippen molar-refractivity contribution in [3.8, 4) is 11.5 Å². The van der Waals surface area contributed by atoms with E-state index in [1.54, 1.807) is 20.8 Å². The van der Waals surface area contributed by atoms with Crippen molar-refractivity contribution in [2.75, 3.05) is 5.32 Å². The second-order valence-corrected chi connectivity index (χ2v) is 9.89. The number of carbonyl (C=O) groups excluding carboxylic acids is 2. The number of rotatable bonds is 5. The zero-order valence-electron chi connectivity index (χ0n) is 17.9. The average molecular weight is 531 g/mol. The molecule has 11 heteroatoms. The SMILES string of the molecule is CC(C)(C)OC(=O)Nc1ncc(C(=O)OCc2nnc(-c3ccc4cc(Br)ccc4c3)o2)s1. The molecule has 0 bridgehead atoms. The van der Waals surface area contributed by atoms with Crippen LogP contribution in [0, 0.1) is 0 Å². The smallest absolute Gasteiger partial charge is 0.413 e. The van der Waals surface area contributed by atoms with E-state index in [1.807, 2.05) is 36.4 Å². The fourth-order valence-electron chi connectivity index (χ4n) is 2.79. The van der Waals surface area contributed by atoms with E-state index < -0.39 is 17.7 Å². The Balaban J connectivity index is 1.36. The van der Waals surface area contributed by atoms with Gasteiger partial charge in [-0.3, -0.25) is 5.32 Å². The molecule has 33 heavy (non-hydrogen) atoms. The molecule has 2 aromatic heterocycles. The number of thiazole rings is 1. The molecule has 2 heterocycles. The molecule has 0 unspecified atom stereocenters. The van der Waals surface area contributed by atoms with Gasteiger partial charge in [-0.05, 0) is 55.8 Å². The lowest BCUT2D eigenvalue weighted by atomic mass is 10.1. The first kappa shape index (κ1) is 22.9. The van der Waals surface area contributed by atoms with Crippen LogP contribution in [-0.2, 0) is 16.1 Å². The maximum atomic E-state index is 12.3. The van der Waals surface area contributed by atoms with Crippen molar-refractivity contribution in [1.29, 1.82) is 0 Å². The summed E-state index contributed by atoms with van der Waals surface area (Å²) in [5.41, 5.74) is 0.117. The Hall–Kier alpha value is -3.31. The van der Waals surface area contributed by atoms with Gasteiger partial charge in [-0.25, -0.2) is 14.6 Å². The van der Waals surface area contributed by atoms with Gasteiger partial charge in [0.25, 0.3) is 5.89 Å². The number of anilines is 1. The second kappa shape index (κ2) is 9.28. The molecule has 4 aromatic rings. The molecule has 1 amide bonds. The van der Waals surface area contributed by atoms with Crippen LogP contribution < -0.4 is 5.32 Å². The van der Waals surface area contributed by atoms with E-state index >= 15 is 0 Å². The number of benzene rings is 2. The van der Waals surface area contributed by atoms with Crippen LogP contribution in [-0.4, -0.2) is 32.8 Å². The normalized spacial score (nSPS) is 11.4. The van der Waals surface area contributed by atoms with E-state index in [4.69, 9.17) is 13.9 Å². The molecule has 0 aliphatic rings. The van der Waals surface area contributed by atoms with Gasteiger partial charge in [0.05, 0.1) is 6.20 Å². The number of ether oxygens (including phenoxy) is 2. The Labute approximate surface area is 201 Å². The number of amides is 1. The Bertz CT molecular complexity index is 1330. The Kier molecular flexibility index (Phi) is 6.43. The molecule has 1 N–H and O–H groups in total. The highest BCUT2D eigenvalue weighted by Crippen LogP contribution is 2.26. The van der Waals surface area contributed by atoms with Gasteiger partial charge in [0.1, 0.15) is 10.5 Å². The number of esters is 1. The number of fused-ring (bicyclic) bond motifs is 1. The van der Waals surface area contributed by atoms with Crippen molar-refractivity contribution in [2.45, 2.75) is 33.0 Å². The van der Waals surface area contributed by atoms with Crippen LogP contribution in [0.5, 0.6) is 0 Å². The molecule has 0 saturated heterocycles. The molecule has 2 aromatic carbocycles. The molecule has 0 saturated carbocycles. The summed E-state index contributed by atoms with van der Waals surface area (Å²) >= 11 is 4.42. The maximum Gasteiger partial charge on any atom is 0.413 e. The van der Waals surface area contributed by atoms with Crippen LogP contribution in [0.1, 0.15) is 36.3 Å². The first-order chi connectivity index (χ1) is 15.7. The van der Waals surface area contributed by atoms with Crippen molar-refractivity contribution < 1.29 is 23.5 Å². The number of nitrogens with one attached hydrogen (secondary N) is 1. The third kappa shape index (κ3) is 5.93. The van der Waals surface area contributed by atoms with Crippen LogP contribution in [0.2, 0.25) is 0 Å². The molecule has 0 aliphatic carbocycles. The molecule has 4 rings (SSSR count). The fourth-order valence-corrected chi connectivity index (χ4v) is 3.87. The van der Waals surface area contributed by atoms with Crippen LogP contribution in [0.4, 0.5) is 9.93 Å². The standard InChI is InChI=1S/C22H19BrN4O5S/c1-22(2,3)32-21(29)25-20-24-10-16(33-20)19(28)30-11-17-26-27-18(31-17)14-5-4-13-9-15(23)7-6-12(13)8-14/h4-10H,11H2,1-3H3,(H,24,25,29). The Morgan fingerprint density at radius 2 is 1.88 bits per heavy atom. The van der Waals surface area contributed by atoms with E-state index in [0.29, 0.717) is 5.89 Å². The molecule has 170 valence electrons. The summed E-state index contributed by atoms with van der Waals surface area (Å²) in [7, 11) is 0. The highest BCUT2D eigenvalue weighted by Gasteiger charge is 2.19.